The molecule has 0 saturated carbocycles. The van der Waals surface area contributed by atoms with Crippen molar-refractivity contribution in [1.82, 2.24) is 0 Å². The van der Waals surface area contributed by atoms with Crippen molar-refractivity contribution in [2.75, 3.05) is 4.72 Å². The maximum atomic E-state index is 12.1. The van der Waals surface area contributed by atoms with Gasteiger partial charge in [0.15, 0.2) is 0 Å². The second-order valence-electron chi connectivity index (χ2n) is 3.70. The van der Waals surface area contributed by atoms with Gasteiger partial charge < -0.3 is 5.11 Å². The summed E-state index contributed by atoms with van der Waals surface area (Å²) < 4.78 is 27.1. The van der Waals surface area contributed by atoms with Crippen molar-refractivity contribution < 1.29 is 13.5 Å². The number of hydrogen-bond acceptors (Lipinski definition) is 3. The molecule has 2 N–H and O–H groups in total. The van der Waals surface area contributed by atoms with Gasteiger partial charge in [0.25, 0.3) is 10.0 Å². The van der Waals surface area contributed by atoms with E-state index in [2.05, 4.69) is 20.7 Å². The predicted octanol–water partition coefficient (Wildman–Crippen LogP) is 3.61. The summed E-state index contributed by atoms with van der Waals surface area (Å²) >= 11 is 9.10. The summed E-state index contributed by atoms with van der Waals surface area (Å²) in [5.74, 6) is -0.118. The van der Waals surface area contributed by atoms with E-state index in [1.54, 1.807) is 18.2 Å². The van der Waals surface area contributed by atoms with E-state index < -0.39 is 10.0 Å². The number of sulfonamides is 1. The molecule has 100 valence electrons. The van der Waals surface area contributed by atoms with Crippen molar-refractivity contribution >= 4 is 43.2 Å². The molecule has 0 aliphatic carbocycles. The first-order chi connectivity index (χ1) is 8.90. The van der Waals surface area contributed by atoms with Crippen molar-refractivity contribution in [3.63, 3.8) is 0 Å². The lowest BCUT2D eigenvalue weighted by Gasteiger charge is -2.10. The average molecular weight is 363 g/mol. The van der Waals surface area contributed by atoms with Gasteiger partial charge in [-0.25, -0.2) is 8.42 Å². The molecule has 0 unspecified atom stereocenters. The van der Waals surface area contributed by atoms with Gasteiger partial charge in [-0.05, 0) is 40.2 Å². The minimum absolute atomic E-state index is 0.0284. The minimum atomic E-state index is -3.77. The van der Waals surface area contributed by atoms with Gasteiger partial charge in [0, 0.05) is 6.07 Å². The summed E-state index contributed by atoms with van der Waals surface area (Å²) in [6, 6.07) is 10.3. The van der Waals surface area contributed by atoms with Crippen LogP contribution in [0.15, 0.2) is 51.8 Å². The SMILES string of the molecule is O=S(=O)(Nc1cccc(Cl)c1Br)c1cccc(O)c1. The highest BCUT2D eigenvalue weighted by atomic mass is 79.9. The fraction of sp³-hybridized carbons (Fsp3) is 0. The summed E-state index contributed by atoms with van der Waals surface area (Å²) in [7, 11) is -3.77. The van der Waals surface area contributed by atoms with Crippen LogP contribution in [-0.2, 0) is 10.0 Å². The van der Waals surface area contributed by atoms with Crippen LogP contribution < -0.4 is 4.72 Å². The lowest BCUT2D eigenvalue weighted by Crippen LogP contribution is -2.13. The van der Waals surface area contributed by atoms with Crippen molar-refractivity contribution in [3.8, 4) is 5.75 Å². The molecule has 0 bridgehead atoms. The third-order valence-corrected chi connectivity index (χ3v) is 5.08. The number of halogens is 2. The van der Waals surface area contributed by atoms with E-state index in [1.807, 2.05) is 0 Å². The van der Waals surface area contributed by atoms with Crippen LogP contribution in [0.3, 0.4) is 0 Å². The summed E-state index contributed by atoms with van der Waals surface area (Å²) in [6.07, 6.45) is 0. The van der Waals surface area contributed by atoms with Crippen molar-refractivity contribution in [2.45, 2.75) is 4.90 Å². The van der Waals surface area contributed by atoms with Crippen molar-refractivity contribution in [3.05, 3.63) is 52.0 Å². The second-order valence-corrected chi connectivity index (χ2v) is 6.59. The van der Waals surface area contributed by atoms with E-state index in [4.69, 9.17) is 11.6 Å². The highest BCUT2D eigenvalue weighted by Gasteiger charge is 2.16. The van der Waals surface area contributed by atoms with Crippen molar-refractivity contribution in [2.24, 2.45) is 0 Å². The first-order valence-corrected chi connectivity index (χ1v) is 7.81. The number of benzene rings is 2. The van der Waals surface area contributed by atoms with Crippen LogP contribution in [0, 0.1) is 0 Å². The fourth-order valence-electron chi connectivity index (χ4n) is 1.44. The van der Waals surface area contributed by atoms with Gasteiger partial charge in [0.2, 0.25) is 0 Å². The minimum Gasteiger partial charge on any atom is -0.508 e. The standard InChI is InChI=1S/C12H9BrClNO3S/c13-12-10(14)5-2-6-11(12)15-19(17,18)9-4-1-3-8(16)7-9/h1-7,15-16H. The molecule has 7 heteroatoms. The molecule has 0 amide bonds. The molecule has 19 heavy (non-hydrogen) atoms. The Hall–Kier alpha value is -1.24. The Kier molecular flexibility index (Phi) is 4.03. The van der Waals surface area contributed by atoms with E-state index in [9.17, 15) is 13.5 Å². The van der Waals surface area contributed by atoms with E-state index in [0.717, 1.165) is 0 Å². The summed E-state index contributed by atoms with van der Waals surface area (Å²) in [5, 5.41) is 9.72. The molecule has 0 aromatic heterocycles. The van der Waals surface area contributed by atoms with Gasteiger partial charge in [-0.2, -0.15) is 0 Å². The highest BCUT2D eigenvalue weighted by Crippen LogP contribution is 2.31. The van der Waals surface area contributed by atoms with Crippen LogP contribution >= 0.6 is 27.5 Å². The molecule has 2 aromatic carbocycles. The molecule has 2 rings (SSSR count). The van der Waals surface area contributed by atoms with E-state index >= 15 is 0 Å². The molecule has 0 heterocycles. The zero-order chi connectivity index (χ0) is 14.0. The summed E-state index contributed by atoms with van der Waals surface area (Å²) in [4.78, 5) is -0.0284. The largest absolute Gasteiger partial charge is 0.508 e. The zero-order valence-corrected chi connectivity index (χ0v) is 12.6. The maximum Gasteiger partial charge on any atom is 0.262 e. The Labute approximate surface area is 124 Å². The molecule has 0 aliphatic rings. The Morgan fingerprint density at radius 1 is 1.16 bits per heavy atom. The smallest absolute Gasteiger partial charge is 0.262 e. The molecule has 0 fully saturated rings. The normalized spacial score (nSPS) is 11.3. The first-order valence-electron chi connectivity index (χ1n) is 5.16. The summed E-state index contributed by atoms with van der Waals surface area (Å²) in [6.45, 7) is 0. The van der Waals surface area contributed by atoms with Crippen LogP contribution in [0.1, 0.15) is 0 Å². The zero-order valence-electron chi connectivity index (χ0n) is 9.47. The molecule has 0 spiro atoms. The van der Waals surface area contributed by atoms with Gasteiger partial charge in [-0.3, -0.25) is 4.72 Å². The number of phenols is 1. The van der Waals surface area contributed by atoms with E-state index in [0.29, 0.717) is 15.2 Å². The molecule has 2 aromatic rings. The van der Waals surface area contributed by atoms with Gasteiger partial charge in [0.1, 0.15) is 5.75 Å². The quantitative estimate of drug-likeness (QED) is 0.876. The third kappa shape index (κ3) is 3.20. The second kappa shape index (κ2) is 5.40. The molecule has 0 atom stereocenters. The van der Waals surface area contributed by atoms with Crippen LogP contribution in [-0.4, -0.2) is 13.5 Å². The lowest BCUT2D eigenvalue weighted by atomic mass is 10.3. The Balaban J connectivity index is 2.39. The number of aromatic hydroxyl groups is 1. The molecule has 0 aliphatic heterocycles. The average Bonchev–Trinajstić information content (AvgIpc) is 2.35. The van der Waals surface area contributed by atoms with Crippen LogP contribution in [0.4, 0.5) is 5.69 Å². The highest BCUT2D eigenvalue weighted by molar-refractivity contribution is 9.10. The Morgan fingerprint density at radius 3 is 2.53 bits per heavy atom. The molecular formula is C12H9BrClNO3S. The van der Waals surface area contributed by atoms with Gasteiger partial charge in [-0.15, -0.1) is 0 Å². The topological polar surface area (TPSA) is 66.4 Å². The monoisotopic (exact) mass is 361 g/mol. The van der Waals surface area contributed by atoms with E-state index in [-0.39, 0.29) is 10.6 Å². The first kappa shape index (κ1) is 14.2. The summed E-state index contributed by atoms with van der Waals surface area (Å²) in [5.41, 5.74) is 0.329. The Morgan fingerprint density at radius 2 is 1.84 bits per heavy atom. The molecular weight excluding hydrogens is 354 g/mol. The fourth-order valence-corrected chi connectivity index (χ4v) is 3.22. The third-order valence-electron chi connectivity index (χ3n) is 2.32. The number of anilines is 1. The number of rotatable bonds is 3. The van der Waals surface area contributed by atoms with Gasteiger partial charge in [-0.1, -0.05) is 23.7 Å². The number of nitrogens with one attached hydrogen (secondary N) is 1. The van der Waals surface area contributed by atoms with Crippen LogP contribution in [0.25, 0.3) is 0 Å². The molecule has 4 nitrogen and oxygen atoms in total. The number of hydrogen-bond donors (Lipinski definition) is 2. The molecule has 0 saturated heterocycles. The van der Waals surface area contributed by atoms with E-state index in [1.165, 1.54) is 24.3 Å². The maximum absolute atomic E-state index is 12.1. The van der Waals surface area contributed by atoms with Crippen molar-refractivity contribution in [1.29, 1.82) is 0 Å². The Bertz CT molecular complexity index is 719. The predicted molar refractivity (Wildman–Crippen MR) is 78.1 cm³/mol. The van der Waals surface area contributed by atoms with Crippen LogP contribution in [0.5, 0.6) is 5.75 Å². The van der Waals surface area contributed by atoms with Gasteiger partial charge >= 0.3 is 0 Å². The molecule has 0 radical (unpaired) electrons. The van der Waals surface area contributed by atoms with Crippen LogP contribution in [0.2, 0.25) is 5.02 Å². The number of phenolic OH excluding ortho intramolecular Hbond substituents is 1. The van der Waals surface area contributed by atoms with Gasteiger partial charge in [0.05, 0.1) is 20.1 Å². The lowest BCUT2D eigenvalue weighted by molar-refractivity contribution is 0.473.